The molecule has 128 valence electrons. The Balaban J connectivity index is 1.55. The number of urea groups is 1. The van der Waals surface area contributed by atoms with Gasteiger partial charge < -0.3 is 19.1 Å². The summed E-state index contributed by atoms with van der Waals surface area (Å²) in [5.41, 5.74) is 0.963. The molecule has 0 saturated carbocycles. The van der Waals surface area contributed by atoms with Gasteiger partial charge in [-0.1, -0.05) is 5.16 Å². The van der Waals surface area contributed by atoms with Crippen molar-refractivity contribution in [2.45, 2.75) is 32.4 Å². The smallest absolute Gasteiger partial charge is 0.320 e. The Morgan fingerprint density at radius 1 is 1.39 bits per heavy atom. The van der Waals surface area contributed by atoms with Crippen molar-refractivity contribution < 1.29 is 14.1 Å². The third-order valence-electron chi connectivity index (χ3n) is 4.67. The fraction of sp³-hybridized carbons (Fsp3) is 0.750. The van der Waals surface area contributed by atoms with Crippen molar-refractivity contribution in [1.82, 2.24) is 19.9 Å². The Hall–Kier alpha value is -1.60. The number of carbonyl (C=O) groups excluding carboxylic acids is 1. The van der Waals surface area contributed by atoms with Crippen LogP contribution in [-0.4, -0.2) is 78.4 Å². The van der Waals surface area contributed by atoms with Gasteiger partial charge in [0.05, 0.1) is 18.9 Å². The molecule has 1 aromatic rings. The number of likely N-dealkylation sites (N-methyl/N-ethyl adjacent to an activating group) is 1. The summed E-state index contributed by atoms with van der Waals surface area (Å²) < 4.78 is 10.5. The van der Waals surface area contributed by atoms with Gasteiger partial charge >= 0.3 is 6.03 Å². The molecule has 0 aromatic carbocycles. The summed E-state index contributed by atoms with van der Waals surface area (Å²) in [7, 11) is 1.92. The van der Waals surface area contributed by atoms with E-state index in [4.69, 9.17) is 9.26 Å². The van der Waals surface area contributed by atoms with Gasteiger partial charge in [-0.3, -0.25) is 4.90 Å². The molecule has 23 heavy (non-hydrogen) atoms. The fourth-order valence-electron chi connectivity index (χ4n) is 3.35. The fourth-order valence-corrected chi connectivity index (χ4v) is 3.35. The number of hydrogen-bond donors (Lipinski definition) is 0. The van der Waals surface area contributed by atoms with Crippen molar-refractivity contribution >= 4 is 6.03 Å². The van der Waals surface area contributed by atoms with Crippen molar-refractivity contribution in [2.24, 2.45) is 0 Å². The molecule has 3 rings (SSSR count). The van der Waals surface area contributed by atoms with Crippen LogP contribution in [-0.2, 0) is 11.3 Å². The molecule has 7 nitrogen and oxygen atoms in total. The highest BCUT2D eigenvalue weighted by molar-refractivity contribution is 5.74. The number of aryl methyl sites for hydroxylation is 1. The number of ether oxygens (including phenoxy) is 1. The molecule has 2 amide bonds. The minimum Gasteiger partial charge on any atom is -0.378 e. The maximum Gasteiger partial charge on any atom is 0.320 e. The van der Waals surface area contributed by atoms with E-state index >= 15 is 0 Å². The molecule has 3 heterocycles. The van der Waals surface area contributed by atoms with Gasteiger partial charge in [-0.25, -0.2) is 4.79 Å². The van der Waals surface area contributed by atoms with Gasteiger partial charge in [0.25, 0.3) is 0 Å². The van der Waals surface area contributed by atoms with E-state index in [0.29, 0.717) is 26.3 Å². The first-order valence-electron chi connectivity index (χ1n) is 8.37. The number of aromatic nitrogens is 1. The Morgan fingerprint density at radius 3 is 2.87 bits per heavy atom. The van der Waals surface area contributed by atoms with Crippen LogP contribution >= 0.6 is 0 Å². The normalized spacial score (nSPS) is 23.0. The Labute approximate surface area is 137 Å². The average molecular weight is 322 g/mol. The lowest BCUT2D eigenvalue weighted by atomic mass is 10.0. The van der Waals surface area contributed by atoms with Crippen LogP contribution in [0.15, 0.2) is 10.6 Å². The largest absolute Gasteiger partial charge is 0.378 e. The highest BCUT2D eigenvalue weighted by Crippen LogP contribution is 2.18. The number of hydrogen-bond acceptors (Lipinski definition) is 5. The van der Waals surface area contributed by atoms with Gasteiger partial charge in [0.2, 0.25) is 0 Å². The first-order chi connectivity index (χ1) is 11.1. The summed E-state index contributed by atoms with van der Waals surface area (Å²) in [4.78, 5) is 18.8. The third kappa shape index (κ3) is 4.03. The van der Waals surface area contributed by atoms with Gasteiger partial charge in [0, 0.05) is 45.3 Å². The summed E-state index contributed by atoms with van der Waals surface area (Å²) >= 11 is 0. The lowest BCUT2D eigenvalue weighted by molar-refractivity contribution is 0.0364. The van der Waals surface area contributed by atoms with Gasteiger partial charge in [0.15, 0.2) is 0 Å². The van der Waals surface area contributed by atoms with Crippen LogP contribution in [0.2, 0.25) is 0 Å². The van der Waals surface area contributed by atoms with Crippen LogP contribution in [0.4, 0.5) is 4.79 Å². The molecule has 0 N–H and O–H groups in total. The van der Waals surface area contributed by atoms with Gasteiger partial charge in [-0.2, -0.15) is 0 Å². The molecule has 0 radical (unpaired) electrons. The maximum atomic E-state index is 12.6. The molecule has 0 bridgehead atoms. The molecule has 0 spiro atoms. The zero-order valence-electron chi connectivity index (χ0n) is 14.0. The highest BCUT2D eigenvalue weighted by atomic mass is 16.5. The van der Waals surface area contributed by atoms with Crippen molar-refractivity contribution in [1.29, 1.82) is 0 Å². The van der Waals surface area contributed by atoms with E-state index < -0.39 is 0 Å². The van der Waals surface area contributed by atoms with Crippen LogP contribution in [0.1, 0.15) is 24.3 Å². The topological polar surface area (TPSA) is 62.0 Å². The van der Waals surface area contributed by atoms with Crippen molar-refractivity contribution in [3.63, 3.8) is 0 Å². The van der Waals surface area contributed by atoms with Crippen LogP contribution in [0, 0.1) is 6.92 Å². The maximum absolute atomic E-state index is 12.6. The molecular weight excluding hydrogens is 296 g/mol. The first-order valence-corrected chi connectivity index (χ1v) is 8.37. The minimum absolute atomic E-state index is 0.123. The van der Waals surface area contributed by atoms with E-state index in [1.165, 1.54) is 0 Å². The molecule has 2 aliphatic rings. The number of carbonyl (C=O) groups is 1. The summed E-state index contributed by atoms with van der Waals surface area (Å²) in [5, 5.41) is 4.07. The molecule has 1 unspecified atom stereocenters. The molecule has 2 aliphatic heterocycles. The lowest BCUT2D eigenvalue weighted by Crippen LogP contribution is -2.54. The molecule has 1 atom stereocenters. The van der Waals surface area contributed by atoms with Crippen molar-refractivity contribution in [2.75, 3.05) is 46.4 Å². The van der Waals surface area contributed by atoms with Crippen molar-refractivity contribution in [3.8, 4) is 0 Å². The van der Waals surface area contributed by atoms with E-state index in [-0.39, 0.29) is 12.1 Å². The Morgan fingerprint density at radius 2 is 2.17 bits per heavy atom. The second-order valence-corrected chi connectivity index (χ2v) is 6.45. The van der Waals surface area contributed by atoms with Gasteiger partial charge in [0.1, 0.15) is 5.76 Å². The highest BCUT2D eigenvalue weighted by Gasteiger charge is 2.29. The predicted octanol–water partition coefficient (Wildman–Crippen LogP) is 1.33. The third-order valence-corrected chi connectivity index (χ3v) is 4.67. The molecular formula is C16H26N4O3. The Kier molecular flexibility index (Phi) is 5.17. The standard InChI is InChI=1S/C16H26N4O3/c1-13-10-14(17-23-13)11-19-5-3-4-15(12-19)18(2)16(21)20-6-8-22-9-7-20/h10,15H,3-9,11-12H2,1-2H3. The van der Waals surface area contributed by atoms with Gasteiger partial charge in [-0.15, -0.1) is 0 Å². The van der Waals surface area contributed by atoms with Crippen LogP contribution in [0.5, 0.6) is 0 Å². The van der Waals surface area contributed by atoms with E-state index in [0.717, 1.165) is 43.9 Å². The summed E-state index contributed by atoms with van der Waals surface area (Å²) in [6, 6.07) is 2.36. The predicted molar refractivity (Wildman–Crippen MR) is 85.1 cm³/mol. The first kappa shape index (κ1) is 16.3. The number of amides is 2. The molecule has 2 fully saturated rings. The summed E-state index contributed by atoms with van der Waals surface area (Å²) in [6.07, 6.45) is 2.16. The second-order valence-electron chi connectivity index (χ2n) is 6.45. The minimum atomic E-state index is 0.123. The van der Waals surface area contributed by atoms with Crippen LogP contribution in [0.3, 0.4) is 0 Å². The monoisotopic (exact) mass is 322 g/mol. The lowest BCUT2D eigenvalue weighted by Gasteiger charge is -2.40. The zero-order chi connectivity index (χ0) is 16.2. The SMILES string of the molecule is Cc1cc(CN2CCCC(N(C)C(=O)N3CCOCC3)C2)no1. The van der Waals surface area contributed by atoms with Crippen LogP contribution < -0.4 is 0 Å². The zero-order valence-corrected chi connectivity index (χ0v) is 14.0. The van der Waals surface area contributed by atoms with E-state index in [9.17, 15) is 4.79 Å². The Bertz CT molecular complexity index is 527. The van der Waals surface area contributed by atoms with E-state index in [2.05, 4.69) is 10.1 Å². The number of rotatable bonds is 3. The molecule has 7 heteroatoms. The second kappa shape index (κ2) is 7.31. The molecule has 0 aliphatic carbocycles. The van der Waals surface area contributed by atoms with Crippen LogP contribution in [0.25, 0.3) is 0 Å². The number of piperidine rings is 1. The van der Waals surface area contributed by atoms with Gasteiger partial charge in [-0.05, 0) is 26.3 Å². The van der Waals surface area contributed by atoms with Crippen molar-refractivity contribution in [3.05, 3.63) is 17.5 Å². The number of likely N-dealkylation sites (tertiary alicyclic amines) is 1. The average Bonchev–Trinajstić information content (AvgIpc) is 2.99. The van der Waals surface area contributed by atoms with E-state index in [1.54, 1.807) is 0 Å². The summed E-state index contributed by atoms with van der Waals surface area (Å²) in [6.45, 7) is 7.29. The molecule has 2 saturated heterocycles. The number of morpholine rings is 1. The quantitative estimate of drug-likeness (QED) is 0.840. The van der Waals surface area contributed by atoms with E-state index in [1.807, 2.05) is 29.8 Å². The number of nitrogens with zero attached hydrogens (tertiary/aromatic N) is 4. The summed E-state index contributed by atoms with van der Waals surface area (Å²) in [5.74, 6) is 0.841. The molecule has 1 aromatic heterocycles.